The minimum absolute atomic E-state index is 0.274. The molecule has 0 aliphatic carbocycles. The summed E-state index contributed by atoms with van der Waals surface area (Å²) in [6.45, 7) is 5.83. The Balaban J connectivity index is 1.64. The van der Waals surface area contributed by atoms with E-state index in [2.05, 4.69) is 11.8 Å². The van der Waals surface area contributed by atoms with Gasteiger partial charge in [-0.25, -0.2) is 0 Å². The minimum atomic E-state index is 0.274. The highest BCUT2D eigenvalue weighted by Crippen LogP contribution is 2.22. The van der Waals surface area contributed by atoms with Crippen LogP contribution in [0.5, 0.6) is 0 Å². The normalized spacial score (nSPS) is 34.0. The average molecular weight is 257 g/mol. The molecule has 0 spiro atoms. The fraction of sp³-hybridized carbons (Fsp3) is 1.00. The van der Waals surface area contributed by atoms with E-state index in [1.54, 1.807) is 0 Å². The van der Waals surface area contributed by atoms with Crippen molar-refractivity contribution in [2.45, 2.75) is 57.2 Å². The third-order valence-electron chi connectivity index (χ3n) is 4.23. The van der Waals surface area contributed by atoms with Gasteiger partial charge in [0.25, 0.3) is 0 Å². The third-order valence-corrected chi connectivity index (χ3v) is 4.23. The SMILES string of the molecule is CC1CCCC(CO)N1CCOCC1CCCO1. The maximum Gasteiger partial charge on any atom is 0.0809 e. The molecule has 2 aliphatic rings. The second kappa shape index (κ2) is 7.43. The van der Waals surface area contributed by atoms with Gasteiger partial charge < -0.3 is 14.6 Å². The zero-order valence-corrected chi connectivity index (χ0v) is 11.5. The molecule has 0 aromatic carbocycles. The van der Waals surface area contributed by atoms with Crippen molar-refractivity contribution in [3.63, 3.8) is 0 Å². The third kappa shape index (κ3) is 3.92. The van der Waals surface area contributed by atoms with E-state index in [1.807, 2.05) is 0 Å². The molecule has 2 aliphatic heterocycles. The Bertz CT molecular complexity index is 231. The highest BCUT2D eigenvalue weighted by atomic mass is 16.5. The van der Waals surface area contributed by atoms with Crippen LogP contribution in [0.3, 0.4) is 0 Å². The van der Waals surface area contributed by atoms with Gasteiger partial charge in [-0.2, -0.15) is 0 Å². The molecule has 2 rings (SSSR count). The highest BCUT2D eigenvalue weighted by molar-refractivity contribution is 4.81. The Labute approximate surface area is 110 Å². The van der Waals surface area contributed by atoms with Crippen LogP contribution in [-0.4, -0.2) is 61.2 Å². The summed E-state index contributed by atoms with van der Waals surface area (Å²) < 4.78 is 11.2. The molecule has 0 aromatic heterocycles. The first-order valence-electron chi connectivity index (χ1n) is 7.37. The molecule has 106 valence electrons. The van der Waals surface area contributed by atoms with Crippen LogP contribution < -0.4 is 0 Å². The number of piperidine rings is 1. The number of rotatable bonds is 6. The summed E-state index contributed by atoms with van der Waals surface area (Å²) in [5.74, 6) is 0. The van der Waals surface area contributed by atoms with E-state index in [0.29, 0.717) is 18.2 Å². The van der Waals surface area contributed by atoms with Gasteiger partial charge in [0.1, 0.15) is 0 Å². The second-order valence-corrected chi connectivity index (χ2v) is 5.56. The standard InChI is InChI=1S/C14H27NO3/c1-12-4-2-5-13(10-16)15(12)7-9-17-11-14-6-3-8-18-14/h12-14,16H,2-11H2,1H3. The van der Waals surface area contributed by atoms with Crippen LogP contribution in [0.4, 0.5) is 0 Å². The van der Waals surface area contributed by atoms with Crippen molar-refractivity contribution in [1.29, 1.82) is 0 Å². The van der Waals surface area contributed by atoms with Gasteiger partial charge in [-0.3, -0.25) is 4.90 Å². The van der Waals surface area contributed by atoms with Crippen molar-refractivity contribution in [2.75, 3.05) is 33.0 Å². The summed E-state index contributed by atoms with van der Waals surface area (Å²) >= 11 is 0. The van der Waals surface area contributed by atoms with E-state index in [4.69, 9.17) is 9.47 Å². The molecule has 3 unspecified atom stereocenters. The molecule has 1 N–H and O–H groups in total. The zero-order chi connectivity index (χ0) is 12.8. The summed E-state index contributed by atoms with van der Waals surface area (Å²) in [6.07, 6.45) is 6.22. The fourth-order valence-corrected chi connectivity index (χ4v) is 3.10. The van der Waals surface area contributed by atoms with E-state index in [1.165, 1.54) is 19.3 Å². The molecule has 0 aromatic rings. The summed E-state index contributed by atoms with van der Waals surface area (Å²) in [5.41, 5.74) is 0. The quantitative estimate of drug-likeness (QED) is 0.731. The molecule has 0 radical (unpaired) electrons. The van der Waals surface area contributed by atoms with Crippen LogP contribution in [0.1, 0.15) is 39.0 Å². The number of likely N-dealkylation sites (tertiary alicyclic amines) is 1. The number of ether oxygens (including phenoxy) is 2. The van der Waals surface area contributed by atoms with Crippen molar-refractivity contribution < 1.29 is 14.6 Å². The van der Waals surface area contributed by atoms with Crippen molar-refractivity contribution in [2.24, 2.45) is 0 Å². The Morgan fingerprint density at radius 3 is 2.89 bits per heavy atom. The topological polar surface area (TPSA) is 41.9 Å². The van der Waals surface area contributed by atoms with Crippen molar-refractivity contribution in [3.05, 3.63) is 0 Å². The average Bonchev–Trinajstić information content (AvgIpc) is 2.89. The van der Waals surface area contributed by atoms with Gasteiger partial charge in [-0.1, -0.05) is 6.42 Å². The van der Waals surface area contributed by atoms with Gasteiger partial charge in [-0.05, 0) is 32.6 Å². The van der Waals surface area contributed by atoms with Crippen LogP contribution in [0, 0.1) is 0 Å². The first-order chi connectivity index (χ1) is 8.81. The predicted octanol–water partition coefficient (Wildman–Crippen LogP) is 1.42. The van der Waals surface area contributed by atoms with Crippen LogP contribution in [-0.2, 0) is 9.47 Å². The van der Waals surface area contributed by atoms with Crippen molar-refractivity contribution in [3.8, 4) is 0 Å². The molecule has 2 fully saturated rings. The molecular weight excluding hydrogens is 230 g/mol. The van der Waals surface area contributed by atoms with E-state index >= 15 is 0 Å². The second-order valence-electron chi connectivity index (χ2n) is 5.56. The minimum Gasteiger partial charge on any atom is -0.395 e. The molecule has 2 saturated heterocycles. The lowest BCUT2D eigenvalue weighted by atomic mass is 9.97. The first kappa shape index (κ1) is 14.3. The maximum absolute atomic E-state index is 9.41. The zero-order valence-electron chi connectivity index (χ0n) is 11.5. The van der Waals surface area contributed by atoms with Crippen LogP contribution in [0.15, 0.2) is 0 Å². The molecule has 18 heavy (non-hydrogen) atoms. The summed E-state index contributed by atoms with van der Waals surface area (Å²) in [6, 6.07) is 0.905. The maximum atomic E-state index is 9.41. The Morgan fingerprint density at radius 2 is 2.17 bits per heavy atom. The van der Waals surface area contributed by atoms with Gasteiger partial charge in [0.2, 0.25) is 0 Å². The van der Waals surface area contributed by atoms with E-state index in [0.717, 1.165) is 39.2 Å². The van der Waals surface area contributed by atoms with Crippen LogP contribution in [0.2, 0.25) is 0 Å². The highest BCUT2D eigenvalue weighted by Gasteiger charge is 2.26. The molecule has 3 atom stereocenters. The number of hydrogen-bond donors (Lipinski definition) is 1. The summed E-state index contributed by atoms with van der Waals surface area (Å²) in [5, 5.41) is 9.41. The Hall–Kier alpha value is -0.160. The number of hydrogen-bond acceptors (Lipinski definition) is 4. The number of nitrogens with zero attached hydrogens (tertiary/aromatic N) is 1. The van der Waals surface area contributed by atoms with Crippen molar-refractivity contribution >= 4 is 0 Å². The fourth-order valence-electron chi connectivity index (χ4n) is 3.10. The number of aliphatic hydroxyl groups is 1. The van der Waals surface area contributed by atoms with Crippen molar-refractivity contribution in [1.82, 2.24) is 4.90 Å². The van der Waals surface area contributed by atoms with E-state index in [-0.39, 0.29) is 6.61 Å². The smallest absolute Gasteiger partial charge is 0.0809 e. The Kier molecular flexibility index (Phi) is 5.89. The molecule has 4 nitrogen and oxygen atoms in total. The van der Waals surface area contributed by atoms with Gasteiger partial charge in [0.05, 0.1) is 25.9 Å². The van der Waals surface area contributed by atoms with Gasteiger partial charge in [-0.15, -0.1) is 0 Å². The Morgan fingerprint density at radius 1 is 1.28 bits per heavy atom. The lowest BCUT2D eigenvalue weighted by Crippen LogP contribution is -2.48. The van der Waals surface area contributed by atoms with Crippen LogP contribution >= 0.6 is 0 Å². The van der Waals surface area contributed by atoms with E-state index < -0.39 is 0 Å². The lowest BCUT2D eigenvalue weighted by Gasteiger charge is -2.39. The summed E-state index contributed by atoms with van der Waals surface area (Å²) in [7, 11) is 0. The predicted molar refractivity (Wildman–Crippen MR) is 70.7 cm³/mol. The first-order valence-corrected chi connectivity index (χ1v) is 7.37. The van der Waals surface area contributed by atoms with Gasteiger partial charge >= 0.3 is 0 Å². The molecule has 2 heterocycles. The largest absolute Gasteiger partial charge is 0.395 e. The van der Waals surface area contributed by atoms with Crippen LogP contribution in [0.25, 0.3) is 0 Å². The monoisotopic (exact) mass is 257 g/mol. The van der Waals surface area contributed by atoms with Gasteiger partial charge in [0.15, 0.2) is 0 Å². The molecular formula is C14H27NO3. The number of aliphatic hydroxyl groups excluding tert-OH is 1. The molecule has 0 saturated carbocycles. The van der Waals surface area contributed by atoms with Gasteiger partial charge in [0, 0.05) is 25.2 Å². The van der Waals surface area contributed by atoms with E-state index in [9.17, 15) is 5.11 Å². The molecule has 4 heteroatoms. The molecule has 0 bridgehead atoms. The lowest BCUT2D eigenvalue weighted by molar-refractivity contribution is -0.0108. The summed E-state index contributed by atoms with van der Waals surface area (Å²) in [4.78, 5) is 2.40. The molecule has 0 amide bonds.